The molecular weight excluding hydrogens is 218 g/mol. The number of aromatic nitrogens is 1. The molecule has 0 aliphatic carbocycles. The Hall–Kier alpha value is -1.65. The standard InChI is InChI=1S/C12H17N3O2/c1-12(2)6-3-7-14(9-12)11-5-4-10(8-13-11)15(16)17/h4-5,8H,3,6-7,9H2,1-2H3. The van der Waals surface area contributed by atoms with Gasteiger partial charge in [-0.1, -0.05) is 13.8 Å². The SMILES string of the molecule is CC1(C)CCCN(c2ccc([N+](=O)[O-])cn2)C1. The van der Waals surface area contributed by atoms with Gasteiger partial charge in [0.15, 0.2) is 0 Å². The summed E-state index contributed by atoms with van der Waals surface area (Å²) < 4.78 is 0. The topological polar surface area (TPSA) is 59.3 Å². The smallest absolute Gasteiger partial charge is 0.287 e. The van der Waals surface area contributed by atoms with Crippen LogP contribution in [0.3, 0.4) is 0 Å². The van der Waals surface area contributed by atoms with E-state index in [9.17, 15) is 10.1 Å². The number of rotatable bonds is 2. The van der Waals surface area contributed by atoms with E-state index in [0.717, 1.165) is 25.3 Å². The van der Waals surface area contributed by atoms with Crippen LogP contribution in [0.1, 0.15) is 26.7 Å². The summed E-state index contributed by atoms with van der Waals surface area (Å²) in [4.78, 5) is 16.5. The molecule has 5 heteroatoms. The van der Waals surface area contributed by atoms with E-state index >= 15 is 0 Å². The lowest BCUT2D eigenvalue weighted by Crippen LogP contribution is -2.40. The van der Waals surface area contributed by atoms with Crippen LogP contribution in [0.4, 0.5) is 11.5 Å². The summed E-state index contributed by atoms with van der Waals surface area (Å²) in [6, 6.07) is 3.25. The monoisotopic (exact) mass is 235 g/mol. The first-order valence-electron chi connectivity index (χ1n) is 5.83. The molecule has 2 rings (SSSR count). The summed E-state index contributed by atoms with van der Waals surface area (Å²) in [7, 11) is 0. The van der Waals surface area contributed by atoms with E-state index in [4.69, 9.17) is 0 Å². The first-order valence-corrected chi connectivity index (χ1v) is 5.83. The Morgan fingerprint density at radius 1 is 1.47 bits per heavy atom. The highest BCUT2D eigenvalue weighted by Crippen LogP contribution is 2.30. The van der Waals surface area contributed by atoms with Gasteiger partial charge in [0.25, 0.3) is 5.69 Å². The zero-order valence-corrected chi connectivity index (χ0v) is 10.2. The molecular formula is C12H17N3O2. The average Bonchev–Trinajstić information content (AvgIpc) is 2.28. The summed E-state index contributed by atoms with van der Waals surface area (Å²) in [6.45, 7) is 6.42. The van der Waals surface area contributed by atoms with Gasteiger partial charge in [0.05, 0.1) is 4.92 Å². The molecule has 0 aromatic carbocycles. The number of anilines is 1. The fourth-order valence-corrected chi connectivity index (χ4v) is 2.29. The molecule has 1 aromatic heterocycles. The van der Waals surface area contributed by atoms with Gasteiger partial charge in [0.1, 0.15) is 12.0 Å². The molecule has 0 N–H and O–H groups in total. The van der Waals surface area contributed by atoms with Crippen molar-refractivity contribution in [2.45, 2.75) is 26.7 Å². The van der Waals surface area contributed by atoms with E-state index in [0.29, 0.717) is 5.41 Å². The number of nitro groups is 1. The molecule has 0 saturated carbocycles. The molecule has 5 nitrogen and oxygen atoms in total. The Kier molecular flexibility index (Phi) is 3.00. The Morgan fingerprint density at radius 2 is 2.24 bits per heavy atom. The minimum absolute atomic E-state index is 0.0463. The minimum Gasteiger partial charge on any atom is -0.356 e. The number of hydrogen-bond acceptors (Lipinski definition) is 4. The number of hydrogen-bond donors (Lipinski definition) is 0. The van der Waals surface area contributed by atoms with Crippen molar-refractivity contribution in [3.05, 3.63) is 28.4 Å². The second kappa shape index (κ2) is 4.31. The fourth-order valence-electron chi connectivity index (χ4n) is 2.29. The van der Waals surface area contributed by atoms with Crippen LogP contribution in [0.25, 0.3) is 0 Å². The Labute approximate surface area is 101 Å². The molecule has 0 amide bonds. The fraction of sp³-hybridized carbons (Fsp3) is 0.583. The summed E-state index contributed by atoms with van der Waals surface area (Å²) in [6.07, 6.45) is 3.69. The summed E-state index contributed by atoms with van der Waals surface area (Å²) >= 11 is 0. The zero-order valence-electron chi connectivity index (χ0n) is 10.2. The van der Waals surface area contributed by atoms with Crippen LogP contribution in [0.2, 0.25) is 0 Å². The van der Waals surface area contributed by atoms with Gasteiger partial charge in [-0.05, 0) is 24.3 Å². The summed E-state index contributed by atoms with van der Waals surface area (Å²) in [5.74, 6) is 0.836. The third kappa shape index (κ3) is 2.72. The molecule has 1 aliphatic heterocycles. The van der Waals surface area contributed by atoms with Gasteiger partial charge in [-0.25, -0.2) is 4.98 Å². The van der Waals surface area contributed by atoms with Crippen LogP contribution in [-0.4, -0.2) is 23.0 Å². The lowest BCUT2D eigenvalue weighted by atomic mass is 9.84. The maximum Gasteiger partial charge on any atom is 0.287 e. The van der Waals surface area contributed by atoms with E-state index in [-0.39, 0.29) is 5.69 Å². The largest absolute Gasteiger partial charge is 0.356 e. The van der Waals surface area contributed by atoms with Crippen molar-refractivity contribution in [3.8, 4) is 0 Å². The van der Waals surface area contributed by atoms with Crippen LogP contribution in [0, 0.1) is 15.5 Å². The number of nitrogens with zero attached hydrogens (tertiary/aromatic N) is 3. The van der Waals surface area contributed by atoms with E-state index in [2.05, 4.69) is 23.7 Å². The summed E-state index contributed by atoms with van der Waals surface area (Å²) in [5.41, 5.74) is 0.340. The highest BCUT2D eigenvalue weighted by atomic mass is 16.6. The maximum atomic E-state index is 10.5. The van der Waals surface area contributed by atoms with Crippen molar-refractivity contribution < 1.29 is 4.92 Å². The molecule has 1 fully saturated rings. The molecule has 1 aliphatic rings. The first kappa shape index (κ1) is 11.8. The minimum atomic E-state index is -0.420. The van der Waals surface area contributed by atoms with Crippen molar-refractivity contribution >= 4 is 11.5 Å². The Balaban J connectivity index is 2.14. The second-order valence-corrected chi connectivity index (χ2v) is 5.32. The van der Waals surface area contributed by atoms with Crippen LogP contribution in [-0.2, 0) is 0 Å². The van der Waals surface area contributed by atoms with E-state index in [1.807, 2.05) is 0 Å². The van der Waals surface area contributed by atoms with Crippen molar-refractivity contribution in [2.75, 3.05) is 18.0 Å². The third-order valence-corrected chi connectivity index (χ3v) is 3.17. The molecule has 17 heavy (non-hydrogen) atoms. The molecule has 0 atom stereocenters. The molecule has 0 radical (unpaired) electrons. The van der Waals surface area contributed by atoms with Crippen molar-refractivity contribution in [2.24, 2.45) is 5.41 Å². The van der Waals surface area contributed by atoms with Crippen molar-refractivity contribution in [3.63, 3.8) is 0 Å². The quantitative estimate of drug-likeness (QED) is 0.584. The molecule has 0 spiro atoms. The maximum absolute atomic E-state index is 10.5. The first-order chi connectivity index (χ1) is 7.98. The molecule has 2 heterocycles. The van der Waals surface area contributed by atoms with Gasteiger partial charge in [-0.3, -0.25) is 10.1 Å². The van der Waals surface area contributed by atoms with Crippen LogP contribution in [0.15, 0.2) is 18.3 Å². The van der Waals surface area contributed by atoms with E-state index in [1.165, 1.54) is 18.7 Å². The lowest BCUT2D eigenvalue weighted by Gasteiger charge is -2.38. The van der Waals surface area contributed by atoms with Gasteiger partial charge in [0, 0.05) is 19.2 Å². The predicted molar refractivity (Wildman–Crippen MR) is 66.1 cm³/mol. The van der Waals surface area contributed by atoms with Gasteiger partial charge in [-0.2, -0.15) is 0 Å². The zero-order chi connectivity index (χ0) is 12.5. The Morgan fingerprint density at radius 3 is 2.76 bits per heavy atom. The average molecular weight is 235 g/mol. The van der Waals surface area contributed by atoms with Crippen molar-refractivity contribution in [1.29, 1.82) is 0 Å². The van der Waals surface area contributed by atoms with Gasteiger partial charge in [0.2, 0.25) is 0 Å². The van der Waals surface area contributed by atoms with E-state index < -0.39 is 4.92 Å². The predicted octanol–water partition coefficient (Wildman–Crippen LogP) is 2.62. The van der Waals surface area contributed by atoms with Gasteiger partial charge >= 0.3 is 0 Å². The van der Waals surface area contributed by atoms with Gasteiger partial charge in [-0.15, -0.1) is 0 Å². The molecule has 1 aromatic rings. The molecule has 0 unspecified atom stereocenters. The Bertz CT molecular complexity index is 414. The number of piperidine rings is 1. The molecule has 92 valence electrons. The second-order valence-electron chi connectivity index (χ2n) is 5.32. The normalized spacial score (nSPS) is 19.1. The summed E-state index contributed by atoms with van der Waals surface area (Å²) in [5, 5.41) is 10.5. The van der Waals surface area contributed by atoms with E-state index in [1.54, 1.807) is 6.07 Å². The van der Waals surface area contributed by atoms with Crippen LogP contribution in [0.5, 0.6) is 0 Å². The lowest BCUT2D eigenvalue weighted by molar-refractivity contribution is -0.385. The van der Waals surface area contributed by atoms with Crippen LogP contribution < -0.4 is 4.90 Å². The van der Waals surface area contributed by atoms with Crippen LogP contribution >= 0.6 is 0 Å². The third-order valence-electron chi connectivity index (χ3n) is 3.17. The highest BCUT2D eigenvalue weighted by molar-refractivity contribution is 5.43. The number of pyridine rings is 1. The van der Waals surface area contributed by atoms with Gasteiger partial charge < -0.3 is 4.90 Å². The highest BCUT2D eigenvalue weighted by Gasteiger charge is 2.27. The van der Waals surface area contributed by atoms with Crippen molar-refractivity contribution in [1.82, 2.24) is 4.98 Å². The molecule has 0 bridgehead atoms. The molecule has 1 saturated heterocycles.